The highest BCUT2D eigenvalue weighted by atomic mass is 19.4. The fourth-order valence-corrected chi connectivity index (χ4v) is 4.48. The van der Waals surface area contributed by atoms with Crippen molar-refractivity contribution in [3.63, 3.8) is 0 Å². The number of fused-ring (bicyclic) bond motifs is 1. The lowest BCUT2D eigenvalue weighted by molar-refractivity contribution is -0.136. The standard InChI is InChI=1S/C32H26F3N/c1-31(2,3)27-14-12-22(13-15-27)21-8-10-23(11-9-21)24-16-17-36-30(20-24)26-18-25-6-4-5-7-28(25)29(19-26)32(33,34)35/h4-20H,1-3H3. The van der Waals surface area contributed by atoms with Gasteiger partial charge in [-0.25, -0.2) is 0 Å². The molecule has 0 saturated heterocycles. The molecule has 180 valence electrons. The van der Waals surface area contributed by atoms with E-state index >= 15 is 0 Å². The van der Waals surface area contributed by atoms with Crippen molar-refractivity contribution in [2.75, 3.05) is 0 Å². The van der Waals surface area contributed by atoms with E-state index in [0.717, 1.165) is 22.3 Å². The van der Waals surface area contributed by atoms with Gasteiger partial charge < -0.3 is 0 Å². The van der Waals surface area contributed by atoms with Crippen molar-refractivity contribution < 1.29 is 13.2 Å². The zero-order valence-electron chi connectivity index (χ0n) is 20.4. The van der Waals surface area contributed by atoms with Crippen molar-refractivity contribution in [3.8, 4) is 33.5 Å². The average molecular weight is 482 g/mol. The molecular formula is C32H26F3N. The highest BCUT2D eigenvalue weighted by Gasteiger charge is 2.33. The quantitative estimate of drug-likeness (QED) is 0.250. The fraction of sp³-hybridized carbons (Fsp3) is 0.156. The molecule has 4 aromatic carbocycles. The van der Waals surface area contributed by atoms with Gasteiger partial charge in [0.25, 0.3) is 0 Å². The maximum Gasteiger partial charge on any atom is 0.417 e. The summed E-state index contributed by atoms with van der Waals surface area (Å²) < 4.78 is 41.4. The van der Waals surface area contributed by atoms with Gasteiger partial charge in [-0.2, -0.15) is 13.2 Å². The third kappa shape index (κ3) is 4.76. The fourth-order valence-electron chi connectivity index (χ4n) is 4.48. The topological polar surface area (TPSA) is 12.9 Å². The summed E-state index contributed by atoms with van der Waals surface area (Å²) in [6, 6.07) is 30.1. The van der Waals surface area contributed by atoms with E-state index in [4.69, 9.17) is 0 Å². The van der Waals surface area contributed by atoms with E-state index in [0.29, 0.717) is 16.6 Å². The Morgan fingerprint density at radius 1 is 0.583 bits per heavy atom. The number of pyridine rings is 1. The van der Waals surface area contributed by atoms with Gasteiger partial charge in [-0.05, 0) is 68.3 Å². The zero-order chi connectivity index (χ0) is 25.5. The first-order valence-corrected chi connectivity index (χ1v) is 11.9. The molecule has 5 rings (SSSR count). The van der Waals surface area contributed by atoms with Crippen molar-refractivity contribution in [3.05, 3.63) is 114 Å². The molecule has 0 atom stereocenters. The predicted molar refractivity (Wildman–Crippen MR) is 142 cm³/mol. The Balaban J connectivity index is 1.48. The van der Waals surface area contributed by atoms with Gasteiger partial charge in [-0.15, -0.1) is 0 Å². The van der Waals surface area contributed by atoms with Crippen LogP contribution in [-0.4, -0.2) is 4.98 Å². The van der Waals surface area contributed by atoms with Gasteiger partial charge in [-0.3, -0.25) is 4.98 Å². The number of benzene rings is 4. The van der Waals surface area contributed by atoms with Gasteiger partial charge in [0.2, 0.25) is 0 Å². The Labute approximate surface area is 209 Å². The SMILES string of the molecule is CC(C)(C)c1ccc(-c2ccc(-c3ccnc(-c4cc(C(F)(F)F)c5ccccc5c4)c3)cc2)cc1. The van der Waals surface area contributed by atoms with E-state index in [-0.39, 0.29) is 10.8 Å². The minimum atomic E-state index is -4.45. The van der Waals surface area contributed by atoms with Gasteiger partial charge in [-0.1, -0.05) is 93.6 Å². The molecule has 5 aromatic rings. The van der Waals surface area contributed by atoms with Crippen molar-refractivity contribution in [2.45, 2.75) is 32.4 Å². The van der Waals surface area contributed by atoms with Crippen LogP contribution in [0.15, 0.2) is 103 Å². The monoisotopic (exact) mass is 481 g/mol. The van der Waals surface area contributed by atoms with E-state index < -0.39 is 11.7 Å². The molecule has 0 aliphatic heterocycles. The van der Waals surface area contributed by atoms with Crippen molar-refractivity contribution >= 4 is 10.8 Å². The average Bonchev–Trinajstić information content (AvgIpc) is 2.87. The first-order valence-electron chi connectivity index (χ1n) is 11.9. The minimum Gasteiger partial charge on any atom is -0.256 e. The summed E-state index contributed by atoms with van der Waals surface area (Å²) >= 11 is 0. The van der Waals surface area contributed by atoms with Crippen molar-refractivity contribution in [1.29, 1.82) is 0 Å². The first-order chi connectivity index (χ1) is 17.1. The number of hydrogen-bond acceptors (Lipinski definition) is 1. The van der Waals surface area contributed by atoms with Gasteiger partial charge in [0, 0.05) is 11.8 Å². The Hall–Kier alpha value is -3.92. The number of halogens is 3. The first kappa shape index (κ1) is 23.8. The summed E-state index contributed by atoms with van der Waals surface area (Å²) in [6.07, 6.45) is -2.81. The molecular weight excluding hydrogens is 455 g/mol. The van der Waals surface area contributed by atoms with Crippen LogP contribution in [0.25, 0.3) is 44.3 Å². The van der Waals surface area contributed by atoms with Crippen LogP contribution in [-0.2, 0) is 11.6 Å². The summed E-state index contributed by atoms with van der Waals surface area (Å²) in [5.41, 5.74) is 5.82. The third-order valence-electron chi connectivity index (χ3n) is 6.53. The molecule has 4 heteroatoms. The summed E-state index contributed by atoms with van der Waals surface area (Å²) in [5, 5.41) is 0.729. The van der Waals surface area contributed by atoms with Crippen LogP contribution < -0.4 is 0 Å². The molecule has 36 heavy (non-hydrogen) atoms. The van der Waals surface area contributed by atoms with E-state index in [2.05, 4.69) is 62.2 Å². The normalized spacial score (nSPS) is 12.2. The maximum atomic E-state index is 13.8. The Kier molecular flexibility index (Phi) is 5.91. The lowest BCUT2D eigenvalue weighted by Gasteiger charge is -2.19. The van der Waals surface area contributed by atoms with E-state index in [1.807, 2.05) is 24.3 Å². The molecule has 0 amide bonds. The smallest absolute Gasteiger partial charge is 0.256 e. The molecule has 1 nitrogen and oxygen atoms in total. The van der Waals surface area contributed by atoms with E-state index in [9.17, 15) is 13.2 Å². The molecule has 0 N–H and O–H groups in total. The largest absolute Gasteiger partial charge is 0.417 e. The molecule has 0 aliphatic carbocycles. The summed E-state index contributed by atoms with van der Waals surface area (Å²) in [6.45, 7) is 6.59. The van der Waals surface area contributed by atoms with Crippen LogP contribution in [0.5, 0.6) is 0 Å². The Morgan fingerprint density at radius 3 is 1.78 bits per heavy atom. The molecule has 0 spiro atoms. The highest BCUT2D eigenvalue weighted by Crippen LogP contribution is 2.38. The summed E-state index contributed by atoms with van der Waals surface area (Å²) in [4.78, 5) is 4.39. The number of nitrogens with zero attached hydrogens (tertiary/aromatic N) is 1. The van der Waals surface area contributed by atoms with Gasteiger partial charge >= 0.3 is 6.18 Å². The Bertz CT molecular complexity index is 1520. The molecule has 0 fully saturated rings. The van der Waals surface area contributed by atoms with Gasteiger partial charge in [0.15, 0.2) is 0 Å². The Morgan fingerprint density at radius 2 is 1.17 bits per heavy atom. The molecule has 0 aliphatic rings. The van der Waals surface area contributed by atoms with Crippen LogP contribution in [0.1, 0.15) is 31.9 Å². The maximum absolute atomic E-state index is 13.8. The van der Waals surface area contributed by atoms with Crippen molar-refractivity contribution in [2.24, 2.45) is 0 Å². The van der Waals surface area contributed by atoms with E-state index in [1.54, 1.807) is 30.5 Å². The molecule has 0 radical (unpaired) electrons. The van der Waals surface area contributed by atoms with Crippen molar-refractivity contribution in [1.82, 2.24) is 4.98 Å². The zero-order valence-corrected chi connectivity index (χ0v) is 20.4. The van der Waals surface area contributed by atoms with E-state index in [1.165, 1.54) is 17.7 Å². The second kappa shape index (κ2) is 8.94. The van der Waals surface area contributed by atoms with Crippen LogP contribution in [0.3, 0.4) is 0 Å². The van der Waals surface area contributed by atoms with Crippen LogP contribution in [0, 0.1) is 0 Å². The molecule has 0 saturated carbocycles. The van der Waals surface area contributed by atoms with Gasteiger partial charge in [0.05, 0.1) is 11.3 Å². The van der Waals surface area contributed by atoms with Crippen LogP contribution >= 0.6 is 0 Å². The highest BCUT2D eigenvalue weighted by molar-refractivity contribution is 5.90. The predicted octanol–water partition coefficient (Wildman–Crippen LogP) is 9.55. The molecule has 1 heterocycles. The second-order valence-electron chi connectivity index (χ2n) is 10.1. The number of aromatic nitrogens is 1. The second-order valence-corrected chi connectivity index (χ2v) is 10.1. The summed E-state index contributed by atoms with van der Waals surface area (Å²) in [7, 11) is 0. The van der Waals surface area contributed by atoms with Crippen LogP contribution in [0.2, 0.25) is 0 Å². The molecule has 1 aromatic heterocycles. The number of hydrogen-bond donors (Lipinski definition) is 0. The number of alkyl halides is 3. The molecule has 0 unspecified atom stereocenters. The van der Waals surface area contributed by atoms with Gasteiger partial charge in [0.1, 0.15) is 0 Å². The lowest BCUT2D eigenvalue weighted by atomic mass is 9.86. The summed E-state index contributed by atoms with van der Waals surface area (Å²) in [5.74, 6) is 0. The number of rotatable bonds is 3. The minimum absolute atomic E-state index is 0.105. The lowest BCUT2D eigenvalue weighted by Crippen LogP contribution is -2.10. The third-order valence-corrected chi connectivity index (χ3v) is 6.53. The van der Waals surface area contributed by atoms with Crippen LogP contribution in [0.4, 0.5) is 13.2 Å². The molecule has 0 bridgehead atoms.